The number of carboxylic acids is 2. The summed E-state index contributed by atoms with van der Waals surface area (Å²) in [6, 6.07) is -1.66. The van der Waals surface area contributed by atoms with E-state index in [1.165, 1.54) is 0 Å². The Morgan fingerprint density at radius 3 is 1.77 bits per heavy atom. The van der Waals surface area contributed by atoms with Crippen molar-refractivity contribution < 1.29 is 28.8 Å². The normalized spacial score (nSPS) is 12.3. The first-order chi connectivity index (χ1) is 10.1. The van der Waals surface area contributed by atoms with Crippen molar-refractivity contribution in [3.8, 4) is 0 Å². The second kappa shape index (κ2) is 17.7. The monoisotopic (exact) mass is 360 g/mol. The van der Waals surface area contributed by atoms with Crippen LogP contribution in [0, 0.1) is 4.78 Å². The maximum Gasteiger partial charge on any atom is 0.320 e. The molecule has 0 radical (unpaired) electrons. The zero-order chi connectivity index (χ0) is 18.1. The van der Waals surface area contributed by atoms with E-state index in [4.69, 9.17) is 36.4 Å². The lowest BCUT2D eigenvalue weighted by atomic mass is 10.2. The molecule has 0 spiro atoms. The van der Waals surface area contributed by atoms with E-state index in [0.29, 0.717) is 6.42 Å². The van der Waals surface area contributed by atoms with Gasteiger partial charge in [-0.15, -0.1) is 0 Å². The van der Waals surface area contributed by atoms with E-state index in [9.17, 15) is 14.4 Å². The van der Waals surface area contributed by atoms with E-state index in [2.05, 4.69) is 0 Å². The van der Waals surface area contributed by atoms with E-state index >= 15 is 0 Å². The molecule has 2 atom stereocenters. The molecule has 0 aromatic carbocycles. The third-order valence-electron chi connectivity index (χ3n) is 1.97. The Hall–Kier alpha value is -1.37. The van der Waals surface area contributed by atoms with Crippen molar-refractivity contribution in [2.45, 2.75) is 31.3 Å². The highest BCUT2D eigenvalue weighted by atomic mass is 32.2. The number of hydrogen-bond acceptors (Lipinski definition) is 8. The van der Waals surface area contributed by atoms with Crippen molar-refractivity contribution in [1.29, 1.82) is 4.78 Å². The molecule has 0 heterocycles. The first kappa shape index (κ1) is 25.6. The summed E-state index contributed by atoms with van der Waals surface area (Å²) >= 11 is 0.687. The van der Waals surface area contributed by atoms with Gasteiger partial charge in [-0.1, -0.05) is 0 Å². The van der Waals surface area contributed by atoms with Gasteiger partial charge in [0.1, 0.15) is 12.1 Å². The Kier molecular flexibility index (Phi) is 20.6. The van der Waals surface area contributed by atoms with Crippen molar-refractivity contribution in [2.24, 2.45) is 17.2 Å². The molecule has 132 valence electrons. The lowest BCUT2D eigenvalue weighted by molar-refractivity contribution is -0.139. The number of hydrogen-bond donors (Lipinski definition) is 6. The number of carbonyl (C=O) groups excluding carboxylic acids is 1. The molecule has 0 aromatic heterocycles. The minimum atomic E-state index is -1.11. The van der Waals surface area contributed by atoms with Gasteiger partial charge in [0, 0.05) is 17.9 Å². The summed E-state index contributed by atoms with van der Waals surface area (Å²) in [5.41, 5.74) is 15.0. The van der Waals surface area contributed by atoms with Gasteiger partial charge < -0.3 is 27.4 Å². The molecular weight excluding hydrogens is 336 g/mol. The van der Waals surface area contributed by atoms with Crippen LogP contribution in [0.1, 0.15) is 19.3 Å². The molecule has 10 nitrogen and oxygen atoms in total. The molecule has 12 heteroatoms. The van der Waals surface area contributed by atoms with Gasteiger partial charge in [0.2, 0.25) is 5.91 Å². The summed E-state index contributed by atoms with van der Waals surface area (Å²) in [5.74, 6) is -1.74. The molecule has 2 unspecified atom stereocenters. The molecule has 0 fully saturated rings. The smallest absolute Gasteiger partial charge is 0.320 e. The third-order valence-corrected chi connectivity index (χ3v) is 2.61. The second-order valence-electron chi connectivity index (χ2n) is 3.78. The number of amides is 1. The average molecular weight is 360 g/mol. The van der Waals surface area contributed by atoms with Gasteiger partial charge in [-0.3, -0.25) is 23.4 Å². The lowest BCUT2D eigenvalue weighted by Gasteiger charge is -2.02. The number of aliphatic carboxylic acids is 2. The van der Waals surface area contributed by atoms with Crippen LogP contribution in [-0.4, -0.2) is 56.4 Å². The molecule has 0 bridgehead atoms. The van der Waals surface area contributed by atoms with Crippen LogP contribution in [0.15, 0.2) is 0 Å². The minimum Gasteiger partial charge on any atom is -0.480 e. The number of carbonyl (C=O) groups is 3. The predicted molar refractivity (Wildman–Crippen MR) is 86.3 cm³/mol. The Balaban J connectivity index is -0.000000279. The van der Waals surface area contributed by atoms with Crippen molar-refractivity contribution >= 4 is 41.1 Å². The lowest BCUT2D eigenvalue weighted by Crippen LogP contribution is -2.31. The maximum atomic E-state index is 10.1. The summed E-state index contributed by atoms with van der Waals surface area (Å²) in [4.78, 5) is 30.2. The molecule has 0 aliphatic carbocycles. The number of rotatable bonds is 8. The number of nitrogens with two attached hydrogens (primary N) is 3. The van der Waals surface area contributed by atoms with Crippen LogP contribution in [0.5, 0.6) is 0 Å². The Morgan fingerprint density at radius 1 is 1.14 bits per heavy atom. The average Bonchev–Trinajstić information content (AvgIpc) is 2.43. The zero-order valence-electron chi connectivity index (χ0n) is 12.2. The van der Waals surface area contributed by atoms with Crippen molar-refractivity contribution in [2.75, 3.05) is 12.0 Å². The molecule has 0 aromatic rings. The van der Waals surface area contributed by atoms with E-state index in [1.807, 2.05) is 6.26 Å². The minimum absolute atomic E-state index is 0.0213. The molecule has 9 N–H and O–H groups in total. The van der Waals surface area contributed by atoms with Crippen LogP contribution in [0.3, 0.4) is 0 Å². The summed E-state index contributed by atoms with van der Waals surface area (Å²) in [7, 11) is 0. The molecule has 22 heavy (non-hydrogen) atoms. The van der Waals surface area contributed by atoms with Crippen LogP contribution in [0.2, 0.25) is 0 Å². The fourth-order valence-electron chi connectivity index (χ4n) is 0.790. The predicted octanol–water partition coefficient (Wildman–Crippen LogP) is -1.76. The van der Waals surface area contributed by atoms with Crippen molar-refractivity contribution in [3.63, 3.8) is 0 Å². The first-order valence-corrected chi connectivity index (χ1v) is 8.22. The van der Waals surface area contributed by atoms with E-state index in [0.717, 1.165) is 5.75 Å². The number of nitrogens with one attached hydrogen (secondary N) is 1. The van der Waals surface area contributed by atoms with Gasteiger partial charge in [0.15, 0.2) is 0 Å². The second-order valence-corrected chi connectivity index (χ2v) is 4.97. The number of primary amides is 1. The molecular formula is C10H24N4O6S2. The Bertz CT molecular complexity index is 376. The summed E-state index contributed by atoms with van der Waals surface area (Å²) in [6.45, 7) is 0. The standard InChI is InChI=1S/C5H10N2O3.C5H11NO2S.H3NOS/c6-3(5(9)10)1-2-4(7)8;1-9-3-2-4(6)5(7)8;1-3-2/h3H,1-2,6H2,(H2,7,8)(H,9,10);4H,2-3,6H2,1H3,(H,7,8);1H,3H2. The highest BCUT2D eigenvalue weighted by molar-refractivity contribution is 7.98. The largest absolute Gasteiger partial charge is 0.480 e. The summed E-state index contributed by atoms with van der Waals surface area (Å²) in [5, 5.41) is 16.5. The van der Waals surface area contributed by atoms with Gasteiger partial charge in [-0.25, -0.2) is 0 Å². The molecule has 1 amide bonds. The van der Waals surface area contributed by atoms with Gasteiger partial charge >= 0.3 is 11.9 Å². The van der Waals surface area contributed by atoms with Crippen molar-refractivity contribution in [3.05, 3.63) is 0 Å². The van der Waals surface area contributed by atoms with Gasteiger partial charge in [0.25, 0.3) is 0 Å². The molecule has 0 aliphatic rings. The van der Waals surface area contributed by atoms with Crippen LogP contribution in [0.4, 0.5) is 0 Å². The van der Waals surface area contributed by atoms with Crippen LogP contribution >= 0.6 is 11.8 Å². The first-order valence-electron chi connectivity index (χ1n) is 5.91. The van der Waals surface area contributed by atoms with E-state index < -0.39 is 41.4 Å². The topological polar surface area (TPSA) is 211 Å². The van der Waals surface area contributed by atoms with Crippen LogP contribution in [0.25, 0.3) is 0 Å². The fourth-order valence-corrected chi connectivity index (χ4v) is 1.28. The summed E-state index contributed by atoms with van der Waals surface area (Å²) < 4.78 is 14.3. The molecule has 0 rings (SSSR count). The van der Waals surface area contributed by atoms with E-state index in [-0.39, 0.29) is 12.8 Å². The highest BCUT2D eigenvalue weighted by Crippen LogP contribution is 1.97. The summed E-state index contributed by atoms with van der Waals surface area (Å²) in [6.07, 6.45) is 2.60. The van der Waals surface area contributed by atoms with Gasteiger partial charge in [-0.2, -0.15) is 11.8 Å². The Labute approximate surface area is 135 Å². The molecule has 0 saturated heterocycles. The van der Waals surface area contributed by atoms with Crippen molar-refractivity contribution in [1.82, 2.24) is 0 Å². The SMILES string of the molecule is CSCCC(N)C(=O)O.N=[SH2]=O.NC(=O)CCC(N)C(=O)O. The third kappa shape index (κ3) is 23.7. The zero-order valence-corrected chi connectivity index (χ0v) is 14.0. The van der Waals surface area contributed by atoms with Gasteiger partial charge in [0.05, 0.1) is 0 Å². The number of carboxylic acid groups (broad SMARTS) is 2. The molecule has 0 saturated carbocycles. The fraction of sp³-hybridized carbons (Fsp3) is 0.700. The molecule has 0 aliphatic heterocycles. The van der Waals surface area contributed by atoms with Crippen LogP contribution in [-0.2, 0) is 25.8 Å². The highest BCUT2D eigenvalue weighted by Gasteiger charge is 2.11. The Morgan fingerprint density at radius 2 is 1.50 bits per heavy atom. The number of thioether (sulfide) groups is 1. The van der Waals surface area contributed by atoms with Gasteiger partial charge in [-0.05, 0) is 24.9 Å². The van der Waals surface area contributed by atoms with Crippen LogP contribution < -0.4 is 17.2 Å². The van der Waals surface area contributed by atoms with E-state index in [1.54, 1.807) is 11.8 Å². The maximum absolute atomic E-state index is 10.1. The quantitative estimate of drug-likeness (QED) is 0.289.